The molecule has 0 heterocycles. The molecule has 7 heteroatoms. The first kappa shape index (κ1) is 28.4. The third-order valence-electron chi connectivity index (χ3n) is 5.01. The third kappa shape index (κ3) is 10.2. The molecule has 7 nitrogen and oxygen atoms in total. The third-order valence-corrected chi connectivity index (χ3v) is 5.01. The summed E-state index contributed by atoms with van der Waals surface area (Å²) in [7, 11) is 0. The summed E-state index contributed by atoms with van der Waals surface area (Å²) < 4.78 is 21.4. The van der Waals surface area contributed by atoms with Gasteiger partial charge in [-0.05, 0) is 88.1 Å². The van der Waals surface area contributed by atoms with Gasteiger partial charge in [-0.2, -0.15) is 0 Å². The van der Waals surface area contributed by atoms with Gasteiger partial charge in [0.1, 0.15) is 11.5 Å². The number of ketones is 1. The Morgan fingerprint density at radius 2 is 0.917 bits per heavy atom. The van der Waals surface area contributed by atoms with Crippen LogP contribution in [0.25, 0.3) is 0 Å². The van der Waals surface area contributed by atoms with Gasteiger partial charge >= 0.3 is 11.9 Å². The van der Waals surface area contributed by atoms with Crippen molar-refractivity contribution in [2.45, 2.75) is 39.5 Å². The van der Waals surface area contributed by atoms with E-state index in [4.69, 9.17) is 18.9 Å². The van der Waals surface area contributed by atoms with Crippen molar-refractivity contribution in [3.63, 3.8) is 0 Å². The fraction of sp³-hybridized carbons (Fsp3) is 0.345. The van der Waals surface area contributed by atoms with E-state index in [0.29, 0.717) is 73.0 Å². The van der Waals surface area contributed by atoms with E-state index in [1.54, 1.807) is 62.4 Å². The molecule has 2 aromatic rings. The van der Waals surface area contributed by atoms with Gasteiger partial charge in [0, 0.05) is 22.3 Å². The number of ether oxygens (including phenoxy) is 4. The molecule has 0 radical (unpaired) electrons. The molecule has 0 saturated carbocycles. The van der Waals surface area contributed by atoms with Crippen molar-refractivity contribution in [1.82, 2.24) is 0 Å². The molecule has 0 aliphatic heterocycles. The van der Waals surface area contributed by atoms with Gasteiger partial charge in [0.05, 0.1) is 26.4 Å². The van der Waals surface area contributed by atoms with E-state index >= 15 is 0 Å². The summed E-state index contributed by atoms with van der Waals surface area (Å²) in [5.74, 6) is 0.488. The van der Waals surface area contributed by atoms with Crippen LogP contribution in [0.15, 0.2) is 72.8 Å². The summed E-state index contributed by atoms with van der Waals surface area (Å²) in [6, 6.07) is 14.0. The quantitative estimate of drug-likeness (QED) is 0.132. The molecule has 0 saturated heterocycles. The van der Waals surface area contributed by atoms with Crippen LogP contribution >= 0.6 is 0 Å². The second-order valence-corrected chi connectivity index (χ2v) is 8.32. The molecule has 192 valence electrons. The highest BCUT2D eigenvalue weighted by Gasteiger charge is 2.10. The van der Waals surface area contributed by atoms with Gasteiger partial charge in [-0.15, -0.1) is 0 Å². The lowest BCUT2D eigenvalue weighted by Gasteiger charge is -2.09. The topological polar surface area (TPSA) is 88.1 Å². The van der Waals surface area contributed by atoms with Crippen molar-refractivity contribution in [2.24, 2.45) is 0 Å². The lowest BCUT2D eigenvalue weighted by molar-refractivity contribution is -0.139. The zero-order valence-electron chi connectivity index (χ0n) is 21.0. The lowest BCUT2D eigenvalue weighted by atomic mass is 10.0. The summed E-state index contributed by atoms with van der Waals surface area (Å²) in [5, 5.41) is 0. The van der Waals surface area contributed by atoms with Crippen molar-refractivity contribution in [2.75, 3.05) is 26.4 Å². The molecule has 0 unspecified atom stereocenters. The molecular formula is C29H34O7. The molecule has 0 fully saturated rings. The number of carbonyl (C=O) groups excluding carboxylic acids is 3. The molecule has 0 atom stereocenters. The molecule has 2 aromatic carbocycles. The smallest absolute Gasteiger partial charge is 0.333 e. The highest BCUT2D eigenvalue weighted by molar-refractivity contribution is 6.09. The Morgan fingerprint density at radius 3 is 1.25 bits per heavy atom. The average molecular weight is 495 g/mol. The van der Waals surface area contributed by atoms with Crippen molar-refractivity contribution in [3.05, 3.63) is 84.0 Å². The maximum Gasteiger partial charge on any atom is 0.333 e. The van der Waals surface area contributed by atoms with Gasteiger partial charge in [0.2, 0.25) is 0 Å². The molecule has 0 spiro atoms. The van der Waals surface area contributed by atoms with E-state index in [-0.39, 0.29) is 17.7 Å². The van der Waals surface area contributed by atoms with Gasteiger partial charge in [-0.1, -0.05) is 13.2 Å². The molecule has 0 aliphatic carbocycles. The van der Waals surface area contributed by atoms with Crippen LogP contribution in [0.2, 0.25) is 0 Å². The number of esters is 2. The number of benzene rings is 2. The monoisotopic (exact) mass is 494 g/mol. The molecule has 2 rings (SSSR count). The lowest BCUT2D eigenvalue weighted by Crippen LogP contribution is -2.07. The Balaban J connectivity index is 1.69. The van der Waals surface area contributed by atoms with Crippen LogP contribution in [0, 0.1) is 0 Å². The Labute approximate surface area is 212 Å². The van der Waals surface area contributed by atoms with Crippen LogP contribution in [0.4, 0.5) is 0 Å². The SMILES string of the molecule is C=C(C)C(=O)OCCCCOc1ccc(C(=O)c2ccc(OCCCCOC(=O)C(=C)C)cc2)cc1. The Bertz CT molecular complexity index is 953. The molecule has 0 amide bonds. The van der Waals surface area contributed by atoms with Crippen molar-refractivity contribution in [1.29, 1.82) is 0 Å². The first-order valence-corrected chi connectivity index (χ1v) is 11.9. The summed E-state index contributed by atoms with van der Waals surface area (Å²) in [4.78, 5) is 35.4. The number of hydrogen-bond acceptors (Lipinski definition) is 7. The second-order valence-electron chi connectivity index (χ2n) is 8.32. The van der Waals surface area contributed by atoms with E-state index in [9.17, 15) is 14.4 Å². The van der Waals surface area contributed by atoms with Gasteiger partial charge < -0.3 is 18.9 Å². The van der Waals surface area contributed by atoms with Crippen molar-refractivity contribution in [3.8, 4) is 11.5 Å². The number of hydrogen-bond donors (Lipinski definition) is 0. The highest BCUT2D eigenvalue weighted by atomic mass is 16.5. The van der Waals surface area contributed by atoms with Crippen molar-refractivity contribution < 1.29 is 33.3 Å². The normalized spacial score (nSPS) is 10.3. The summed E-state index contributed by atoms with van der Waals surface area (Å²) in [6.07, 6.45) is 2.86. The second kappa shape index (κ2) is 15.2. The van der Waals surface area contributed by atoms with Gasteiger partial charge in [0.25, 0.3) is 0 Å². The van der Waals surface area contributed by atoms with Crippen LogP contribution in [0.5, 0.6) is 11.5 Å². The maximum absolute atomic E-state index is 12.8. The zero-order valence-corrected chi connectivity index (χ0v) is 21.0. The fourth-order valence-electron chi connectivity index (χ4n) is 2.94. The van der Waals surface area contributed by atoms with Gasteiger partial charge in [-0.25, -0.2) is 9.59 Å². The van der Waals surface area contributed by atoms with E-state index in [2.05, 4.69) is 13.2 Å². The fourth-order valence-corrected chi connectivity index (χ4v) is 2.94. The Morgan fingerprint density at radius 1 is 0.583 bits per heavy atom. The number of unbranched alkanes of at least 4 members (excludes halogenated alkanes) is 2. The summed E-state index contributed by atoms with van der Waals surface area (Å²) in [5.41, 5.74) is 1.90. The average Bonchev–Trinajstić information content (AvgIpc) is 2.88. The largest absolute Gasteiger partial charge is 0.494 e. The first-order chi connectivity index (χ1) is 17.3. The number of rotatable bonds is 16. The van der Waals surface area contributed by atoms with Crippen LogP contribution < -0.4 is 9.47 Å². The standard InChI is InChI=1S/C29H34O7/c1-21(2)28(31)35-19-7-5-17-33-25-13-9-23(10-14-25)27(30)24-11-15-26(16-12-24)34-18-6-8-20-36-29(32)22(3)4/h9-16H,1,3,5-8,17-20H2,2,4H3. The predicted molar refractivity (Wildman–Crippen MR) is 137 cm³/mol. The van der Waals surface area contributed by atoms with E-state index < -0.39 is 0 Å². The van der Waals surface area contributed by atoms with Crippen LogP contribution in [0.3, 0.4) is 0 Å². The molecule has 0 bridgehead atoms. The molecular weight excluding hydrogens is 460 g/mol. The Kier molecular flexibility index (Phi) is 12.0. The van der Waals surface area contributed by atoms with Crippen LogP contribution in [-0.4, -0.2) is 44.1 Å². The first-order valence-electron chi connectivity index (χ1n) is 11.9. The molecule has 36 heavy (non-hydrogen) atoms. The van der Waals surface area contributed by atoms with Crippen LogP contribution in [-0.2, 0) is 19.1 Å². The maximum atomic E-state index is 12.8. The van der Waals surface area contributed by atoms with Gasteiger partial charge in [-0.3, -0.25) is 4.79 Å². The summed E-state index contributed by atoms with van der Waals surface area (Å²) in [6.45, 7) is 11.9. The summed E-state index contributed by atoms with van der Waals surface area (Å²) >= 11 is 0. The molecule has 0 aromatic heterocycles. The molecule has 0 N–H and O–H groups in total. The zero-order chi connectivity index (χ0) is 26.3. The van der Waals surface area contributed by atoms with Crippen LogP contribution in [0.1, 0.15) is 55.5 Å². The van der Waals surface area contributed by atoms with E-state index in [1.807, 2.05) is 0 Å². The Hall–Kier alpha value is -3.87. The number of carbonyl (C=O) groups is 3. The highest BCUT2D eigenvalue weighted by Crippen LogP contribution is 2.18. The van der Waals surface area contributed by atoms with E-state index in [1.165, 1.54) is 0 Å². The van der Waals surface area contributed by atoms with Crippen molar-refractivity contribution >= 4 is 17.7 Å². The minimum Gasteiger partial charge on any atom is -0.494 e. The van der Waals surface area contributed by atoms with Gasteiger partial charge in [0.15, 0.2) is 5.78 Å². The predicted octanol–water partition coefficient (Wildman–Crippen LogP) is 5.47. The van der Waals surface area contributed by atoms with E-state index in [0.717, 1.165) is 12.8 Å². The minimum atomic E-state index is -0.380. The minimum absolute atomic E-state index is 0.0910. The molecule has 0 aliphatic rings.